The van der Waals surface area contributed by atoms with Crippen LogP contribution in [0.1, 0.15) is 41.4 Å². The maximum Gasteiger partial charge on any atom is 0.262 e. The number of imide groups is 2. The Bertz CT molecular complexity index is 1010. The van der Waals surface area contributed by atoms with Crippen LogP contribution in [0.5, 0.6) is 0 Å². The van der Waals surface area contributed by atoms with E-state index < -0.39 is 23.6 Å². The van der Waals surface area contributed by atoms with E-state index >= 15 is 0 Å². The highest BCUT2D eigenvalue weighted by Crippen LogP contribution is 2.42. The quantitative estimate of drug-likeness (QED) is 0.641. The summed E-state index contributed by atoms with van der Waals surface area (Å²) in [5.41, 5.74) is 1.05. The van der Waals surface area contributed by atoms with E-state index in [9.17, 15) is 19.2 Å². The molecule has 23 heavy (non-hydrogen) atoms. The molecule has 0 fully saturated rings. The molecule has 6 nitrogen and oxygen atoms in total. The first-order chi connectivity index (χ1) is 10.8. The summed E-state index contributed by atoms with van der Waals surface area (Å²) >= 11 is 6.59. The van der Waals surface area contributed by atoms with Crippen LogP contribution in [0.2, 0.25) is 0 Å². The van der Waals surface area contributed by atoms with Crippen LogP contribution in [0.15, 0.2) is 21.1 Å². The van der Waals surface area contributed by atoms with Gasteiger partial charge in [-0.15, -0.1) is 0 Å². The van der Waals surface area contributed by atoms with Crippen LogP contribution < -0.4 is 5.32 Å². The van der Waals surface area contributed by atoms with E-state index in [2.05, 4.69) is 37.2 Å². The van der Waals surface area contributed by atoms with Gasteiger partial charge in [-0.25, -0.2) is 0 Å². The Labute approximate surface area is 146 Å². The number of hydrogen-bond acceptors (Lipinski definition) is 4. The SMILES string of the molecule is CN1C(=O)c2cc(Br)c3c4c(cc(Br)c(c24)C1=O)C(=O)NC3=O. The second kappa shape index (κ2) is 4.48. The molecule has 0 atom stereocenters. The highest BCUT2D eigenvalue weighted by molar-refractivity contribution is 9.10. The minimum Gasteiger partial charge on any atom is -0.288 e. The number of hydrogen-bond donors (Lipinski definition) is 1. The predicted octanol–water partition coefficient (Wildman–Crippen LogP) is 2.47. The molecule has 2 heterocycles. The molecule has 0 aromatic heterocycles. The Hall–Kier alpha value is -2.06. The minimum absolute atomic E-state index is 0.247. The zero-order chi connectivity index (χ0) is 16.6. The molecule has 2 aromatic rings. The molecule has 0 spiro atoms. The van der Waals surface area contributed by atoms with Crippen LogP contribution in [0, 0.1) is 0 Å². The van der Waals surface area contributed by atoms with E-state index in [1.165, 1.54) is 19.2 Å². The van der Waals surface area contributed by atoms with Gasteiger partial charge in [-0.2, -0.15) is 0 Å². The number of amides is 4. The van der Waals surface area contributed by atoms with Gasteiger partial charge in [-0.05, 0) is 44.0 Å². The molecule has 0 aliphatic carbocycles. The van der Waals surface area contributed by atoms with Crippen molar-refractivity contribution in [3.05, 3.63) is 43.3 Å². The lowest BCUT2D eigenvalue weighted by Crippen LogP contribution is -2.40. The summed E-state index contributed by atoms with van der Waals surface area (Å²) < 4.78 is 0.805. The Balaban J connectivity index is 2.34. The molecule has 0 radical (unpaired) electrons. The van der Waals surface area contributed by atoms with Crippen molar-refractivity contribution >= 4 is 66.3 Å². The van der Waals surface area contributed by atoms with Crippen LogP contribution in [-0.4, -0.2) is 35.6 Å². The second-order valence-electron chi connectivity index (χ2n) is 5.26. The molecule has 0 saturated carbocycles. The first kappa shape index (κ1) is 14.5. The molecule has 0 bridgehead atoms. The molecule has 1 N–H and O–H groups in total. The second-order valence-corrected chi connectivity index (χ2v) is 6.97. The number of nitrogens with zero attached hydrogens (tertiary/aromatic N) is 1. The van der Waals surface area contributed by atoms with Crippen molar-refractivity contribution in [2.45, 2.75) is 0 Å². The Morgan fingerprint density at radius 1 is 0.826 bits per heavy atom. The lowest BCUT2D eigenvalue weighted by molar-refractivity contribution is 0.0647. The number of carbonyl (C=O) groups excluding carboxylic acids is 4. The number of halogens is 2. The number of benzene rings is 2. The van der Waals surface area contributed by atoms with E-state index in [0.29, 0.717) is 19.7 Å². The van der Waals surface area contributed by atoms with Crippen molar-refractivity contribution in [3.8, 4) is 0 Å². The smallest absolute Gasteiger partial charge is 0.262 e. The summed E-state index contributed by atoms with van der Waals surface area (Å²) in [4.78, 5) is 50.3. The normalized spacial score (nSPS) is 16.2. The summed E-state index contributed by atoms with van der Waals surface area (Å²) in [5.74, 6) is -2.07. The van der Waals surface area contributed by atoms with E-state index in [0.717, 1.165) is 4.90 Å². The summed E-state index contributed by atoms with van der Waals surface area (Å²) in [5, 5.41) is 2.93. The van der Waals surface area contributed by atoms with Crippen molar-refractivity contribution in [3.63, 3.8) is 0 Å². The third kappa shape index (κ3) is 1.67. The Kier molecular flexibility index (Phi) is 2.83. The van der Waals surface area contributed by atoms with Gasteiger partial charge in [0.05, 0.1) is 11.1 Å². The molecule has 8 heteroatoms. The van der Waals surface area contributed by atoms with E-state index in [-0.39, 0.29) is 22.3 Å². The minimum atomic E-state index is -0.562. The van der Waals surface area contributed by atoms with Gasteiger partial charge in [-0.1, -0.05) is 0 Å². The molecule has 4 amide bonds. The predicted molar refractivity (Wildman–Crippen MR) is 87.6 cm³/mol. The maximum atomic E-state index is 12.5. The average molecular weight is 438 g/mol. The topological polar surface area (TPSA) is 83.6 Å². The summed E-state index contributed by atoms with van der Waals surface area (Å²) in [7, 11) is 1.39. The highest BCUT2D eigenvalue weighted by Gasteiger charge is 2.38. The van der Waals surface area contributed by atoms with Crippen LogP contribution in [0.3, 0.4) is 0 Å². The van der Waals surface area contributed by atoms with Crippen molar-refractivity contribution in [2.75, 3.05) is 7.05 Å². The van der Waals surface area contributed by atoms with E-state index in [1.807, 2.05) is 0 Å². The molecule has 2 aliphatic heterocycles. The standard InChI is InChI=1S/C15H6Br2N2O4/c1-19-14(22)5-3-6(16)10-8-4(12(20)18-13(10)21)2-7(17)11(9(5)8)15(19)23/h2-3H,1H3,(H,18,20,21). The first-order valence-electron chi connectivity index (χ1n) is 6.49. The Morgan fingerprint density at radius 2 is 1.39 bits per heavy atom. The fraction of sp³-hybridized carbons (Fsp3) is 0.0667. The van der Waals surface area contributed by atoms with Gasteiger partial charge in [-0.3, -0.25) is 29.4 Å². The molecule has 4 rings (SSSR count). The zero-order valence-electron chi connectivity index (χ0n) is 11.5. The summed E-state index contributed by atoms with van der Waals surface area (Å²) in [6.45, 7) is 0. The van der Waals surface area contributed by atoms with E-state index in [1.54, 1.807) is 0 Å². The highest BCUT2D eigenvalue weighted by atomic mass is 79.9. The molecular weight excluding hydrogens is 432 g/mol. The van der Waals surface area contributed by atoms with Gasteiger partial charge in [0.25, 0.3) is 23.6 Å². The van der Waals surface area contributed by atoms with Crippen LogP contribution in [-0.2, 0) is 0 Å². The zero-order valence-corrected chi connectivity index (χ0v) is 14.7. The monoisotopic (exact) mass is 436 g/mol. The van der Waals surface area contributed by atoms with Crippen molar-refractivity contribution < 1.29 is 19.2 Å². The molecule has 2 aromatic carbocycles. The van der Waals surface area contributed by atoms with Crippen molar-refractivity contribution in [1.29, 1.82) is 0 Å². The van der Waals surface area contributed by atoms with Crippen LogP contribution in [0.4, 0.5) is 0 Å². The number of carbonyl (C=O) groups is 4. The van der Waals surface area contributed by atoms with Gasteiger partial charge in [0, 0.05) is 37.9 Å². The molecule has 114 valence electrons. The maximum absolute atomic E-state index is 12.5. The van der Waals surface area contributed by atoms with Crippen LogP contribution in [0.25, 0.3) is 10.8 Å². The molecular formula is C15H6Br2N2O4. The largest absolute Gasteiger partial charge is 0.288 e. The van der Waals surface area contributed by atoms with E-state index in [4.69, 9.17) is 0 Å². The summed E-state index contributed by atoms with van der Waals surface area (Å²) in [6, 6.07) is 3.01. The summed E-state index contributed by atoms with van der Waals surface area (Å²) in [6.07, 6.45) is 0. The third-order valence-corrected chi connectivity index (χ3v) is 5.31. The van der Waals surface area contributed by atoms with Crippen LogP contribution >= 0.6 is 31.9 Å². The van der Waals surface area contributed by atoms with Crippen molar-refractivity contribution in [1.82, 2.24) is 10.2 Å². The van der Waals surface area contributed by atoms with Gasteiger partial charge < -0.3 is 0 Å². The fourth-order valence-electron chi connectivity index (χ4n) is 3.02. The molecule has 0 unspecified atom stereocenters. The lowest BCUT2D eigenvalue weighted by atomic mass is 9.86. The lowest BCUT2D eigenvalue weighted by Gasteiger charge is -2.28. The average Bonchev–Trinajstić information content (AvgIpc) is 2.49. The van der Waals surface area contributed by atoms with Gasteiger partial charge in [0.1, 0.15) is 0 Å². The third-order valence-electron chi connectivity index (χ3n) is 4.06. The molecule has 0 saturated heterocycles. The molecule has 2 aliphatic rings. The number of rotatable bonds is 0. The van der Waals surface area contributed by atoms with Crippen molar-refractivity contribution in [2.24, 2.45) is 0 Å². The Morgan fingerprint density at radius 3 is 2.09 bits per heavy atom. The van der Waals surface area contributed by atoms with Gasteiger partial charge >= 0.3 is 0 Å². The van der Waals surface area contributed by atoms with Gasteiger partial charge in [0.15, 0.2) is 0 Å². The number of nitrogens with one attached hydrogen (secondary N) is 1. The first-order valence-corrected chi connectivity index (χ1v) is 8.08. The fourth-order valence-corrected chi connectivity index (χ4v) is 4.23. The van der Waals surface area contributed by atoms with Gasteiger partial charge in [0.2, 0.25) is 0 Å².